The molecule has 0 saturated carbocycles. The van der Waals surface area contributed by atoms with E-state index in [2.05, 4.69) is 5.32 Å². The van der Waals surface area contributed by atoms with Crippen molar-refractivity contribution in [1.29, 1.82) is 5.26 Å². The summed E-state index contributed by atoms with van der Waals surface area (Å²) in [6.45, 7) is 3.04. The van der Waals surface area contributed by atoms with E-state index in [0.717, 1.165) is 23.1 Å². The Kier molecular flexibility index (Phi) is 9.69. The smallest absolute Gasteiger partial charge is 0.160 e. The number of nitrogens with one attached hydrogen (secondary N) is 1. The lowest BCUT2D eigenvalue weighted by Crippen LogP contribution is -2.32. The molecule has 2 rings (SSSR count). The zero-order chi connectivity index (χ0) is 22.6. The molecule has 1 atom stereocenters. The second-order valence-electron chi connectivity index (χ2n) is 6.93. The average Bonchev–Trinajstić information content (AvgIpc) is 2.80. The van der Waals surface area contributed by atoms with Gasteiger partial charge in [0.15, 0.2) is 11.5 Å². The monoisotopic (exact) mass is 426 g/mol. The SMILES string of the molecule is COc1ccc(/C(C)=C\C#N)c(OCC(O)CNCCc2ccc(OC)c(OC)c2)c1. The Morgan fingerprint density at radius 2 is 1.84 bits per heavy atom. The first-order valence-electron chi connectivity index (χ1n) is 9.99. The molecule has 2 aromatic carbocycles. The molecule has 0 amide bonds. The minimum Gasteiger partial charge on any atom is -0.497 e. The molecule has 0 aromatic heterocycles. The topological polar surface area (TPSA) is 93.0 Å². The van der Waals surface area contributed by atoms with Crippen LogP contribution in [0.15, 0.2) is 42.5 Å². The van der Waals surface area contributed by atoms with Gasteiger partial charge in [0.1, 0.15) is 24.2 Å². The van der Waals surface area contributed by atoms with Gasteiger partial charge < -0.3 is 29.4 Å². The zero-order valence-electron chi connectivity index (χ0n) is 18.5. The number of allylic oxidation sites excluding steroid dienone is 2. The van der Waals surface area contributed by atoms with Gasteiger partial charge in [-0.25, -0.2) is 0 Å². The van der Waals surface area contributed by atoms with Crippen molar-refractivity contribution < 1.29 is 24.1 Å². The second kappa shape index (κ2) is 12.5. The van der Waals surface area contributed by atoms with E-state index in [0.29, 0.717) is 36.1 Å². The van der Waals surface area contributed by atoms with Crippen LogP contribution in [0.3, 0.4) is 0 Å². The number of aliphatic hydroxyl groups is 1. The van der Waals surface area contributed by atoms with E-state index in [9.17, 15) is 5.11 Å². The summed E-state index contributed by atoms with van der Waals surface area (Å²) in [4.78, 5) is 0. The summed E-state index contributed by atoms with van der Waals surface area (Å²) in [6.07, 6.45) is 1.55. The first-order chi connectivity index (χ1) is 15.0. The van der Waals surface area contributed by atoms with Crippen LogP contribution in [-0.4, -0.2) is 52.2 Å². The molecular weight excluding hydrogens is 396 g/mol. The number of ether oxygens (including phenoxy) is 4. The molecule has 0 aliphatic heterocycles. The summed E-state index contributed by atoms with van der Waals surface area (Å²) < 4.78 is 21.7. The van der Waals surface area contributed by atoms with E-state index < -0.39 is 6.10 Å². The number of methoxy groups -OCH3 is 3. The molecule has 0 radical (unpaired) electrons. The molecule has 1 unspecified atom stereocenters. The Bertz CT molecular complexity index is 921. The predicted molar refractivity (Wildman–Crippen MR) is 120 cm³/mol. The Morgan fingerprint density at radius 1 is 1.06 bits per heavy atom. The number of benzene rings is 2. The Morgan fingerprint density at radius 3 is 2.52 bits per heavy atom. The largest absolute Gasteiger partial charge is 0.497 e. The van der Waals surface area contributed by atoms with Crippen LogP contribution in [0.2, 0.25) is 0 Å². The van der Waals surface area contributed by atoms with E-state index in [4.69, 9.17) is 24.2 Å². The number of nitrogens with zero attached hydrogens (tertiary/aromatic N) is 1. The quantitative estimate of drug-likeness (QED) is 0.398. The fourth-order valence-corrected chi connectivity index (χ4v) is 3.03. The van der Waals surface area contributed by atoms with Gasteiger partial charge in [-0.3, -0.25) is 0 Å². The molecule has 0 aliphatic carbocycles. The molecule has 0 spiro atoms. The maximum Gasteiger partial charge on any atom is 0.160 e. The van der Waals surface area contributed by atoms with E-state index in [-0.39, 0.29) is 6.61 Å². The van der Waals surface area contributed by atoms with Crippen LogP contribution in [0.4, 0.5) is 0 Å². The lowest BCUT2D eigenvalue weighted by Gasteiger charge is -2.17. The second-order valence-corrected chi connectivity index (χ2v) is 6.93. The van der Waals surface area contributed by atoms with Crippen molar-refractivity contribution >= 4 is 5.57 Å². The third-order valence-electron chi connectivity index (χ3n) is 4.74. The number of aliphatic hydroxyl groups excluding tert-OH is 1. The number of rotatable bonds is 12. The third-order valence-corrected chi connectivity index (χ3v) is 4.74. The fourth-order valence-electron chi connectivity index (χ4n) is 3.03. The van der Waals surface area contributed by atoms with E-state index in [1.807, 2.05) is 43.3 Å². The van der Waals surface area contributed by atoms with Crippen molar-refractivity contribution in [3.63, 3.8) is 0 Å². The summed E-state index contributed by atoms with van der Waals surface area (Å²) in [5.41, 5.74) is 2.68. The highest BCUT2D eigenvalue weighted by molar-refractivity contribution is 5.71. The van der Waals surface area contributed by atoms with Crippen molar-refractivity contribution in [2.24, 2.45) is 0 Å². The highest BCUT2D eigenvalue weighted by Crippen LogP contribution is 2.30. The van der Waals surface area contributed by atoms with Crippen molar-refractivity contribution in [3.8, 4) is 29.1 Å². The van der Waals surface area contributed by atoms with Gasteiger partial charge in [-0.2, -0.15) is 5.26 Å². The van der Waals surface area contributed by atoms with Crippen molar-refractivity contribution in [1.82, 2.24) is 5.32 Å². The Labute approximate surface area is 183 Å². The van der Waals surface area contributed by atoms with Crippen LogP contribution in [-0.2, 0) is 6.42 Å². The fraction of sp³-hybridized carbons (Fsp3) is 0.375. The molecule has 7 heteroatoms. The van der Waals surface area contributed by atoms with Gasteiger partial charge in [0.05, 0.1) is 27.4 Å². The summed E-state index contributed by atoms with van der Waals surface area (Å²) in [5.74, 6) is 2.60. The van der Waals surface area contributed by atoms with Crippen LogP contribution >= 0.6 is 0 Å². The lowest BCUT2D eigenvalue weighted by atomic mass is 10.1. The van der Waals surface area contributed by atoms with Gasteiger partial charge >= 0.3 is 0 Å². The van der Waals surface area contributed by atoms with Gasteiger partial charge in [-0.1, -0.05) is 6.07 Å². The summed E-state index contributed by atoms with van der Waals surface area (Å²) in [6, 6.07) is 13.2. The number of nitriles is 1. The summed E-state index contributed by atoms with van der Waals surface area (Å²) in [7, 11) is 4.80. The first-order valence-corrected chi connectivity index (χ1v) is 9.99. The maximum absolute atomic E-state index is 10.3. The van der Waals surface area contributed by atoms with Gasteiger partial charge in [-0.05, 0) is 55.3 Å². The molecule has 0 heterocycles. The van der Waals surface area contributed by atoms with Gasteiger partial charge in [0, 0.05) is 24.3 Å². The van der Waals surface area contributed by atoms with Crippen molar-refractivity contribution in [2.45, 2.75) is 19.4 Å². The minimum absolute atomic E-state index is 0.114. The number of hydrogen-bond donors (Lipinski definition) is 2. The normalized spacial score (nSPS) is 12.1. The third kappa shape index (κ3) is 7.21. The van der Waals surface area contributed by atoms with Crippen LogP contribution in [0.1, 0.15) is 18.1 Å². The zero-order valence-corrected chi connectivity index (χ0v) is 18.5. The van der Waals surface area contributed by atoms with E-state index >= 15 is 0 Å². The van der Waals surface area contributed by atoms with Gasteiger partial charge in [-0.15, -0.1) is 0 Å². The van der Waals surface area contributed by atoms with Gasteiger partial charge in [0.25, 0.3) is 0 Å². The van der Waals surface area contributed by atoms with E-state index in [1.165, 1.54) is 6.08 Å². The van der Waals surface area contributed by atoms with Crippen LogP contribution < -0.4 is 24.3 Å². The summed E-state index contributed by atoms with van der Waals surface area (Å²) in [5, 5.41) is 22.4. The van der Waals surface area contributed by atoms with Crippen molar-refractivity contribution in [2.75, 3.05) is 41.0 Å². The molecular formula is C24H30N2O5. The van der Waals surface area contributed by atoms with Crippen molar-refractivity contribution in [3.05, 3.63) is 53.6 Å². The molecule has 0 saturated heterocycles. The summed E-state index contributed by atoms with van der Waals surface area (Å²) >= 11 is 0. The molecule has 2 N–H and O–H groups in total. The standard InChI is InChI=1S/C24H30N2O5/c1-17(9-11-25)21-7-6-20(28-2)14-23(21)31-16-19(27)15-26-12-10-18-5-8-22(29-3)24(13-18)30-4/h5-9,13-14,19,26-27H,10,12,15-16H2,1-4H3/b17-9-. The van der Waals surface area contributed by atoms with Crippen LogP contribution in [0.25, 0.3) is 5.57 Å². The maximum atomic E-state index is 10.3. The molecule has 31 heavy (non-hydrogen) atoms. The molecule has 0 aliphatic rings. The Balaban J connectivity index is 1.85. The molecule has 0 bridgehead atoms. The molecule has 2 aromatic rings. The molecule has 0 fully saturated rings. The highest BCUT2D eigenvalue weighted by Gasteiger charge is 2.11. The minimum atomic E-state index is -0.690. The average molecular weight is 427 g/mol. The van der Waals surface area contributed by atoms with Crippen LogP contribution in [0, 0.1) is 11.3 Å². The molecule has 166 valence electrons. The predicted octanol–water partition coefficient (Wildman–Crippen LogP) is 3.21. The first kappa shape index (κ1) is 24.1. The van der Waals surface area contributed by atoms with E-state index in [1.54, 1.807) is 27.4 Å². The lowest BCUT2D eigenvalue weighted by molar-refractivity contribution is 0.106. The van der Waals surface area contributed by atoms with Gasteiger partial charge in [0.2, 0.25) is 0 Å². The highest BCUT2D eigenvalue weighted by atomic mass is 16.5. The number of hydrogen-bond acceptors (Lipinski definition) is 7. The van der Waals surface area contributed by atoms with Crippen LogP contribution in [0.5, 0.6) is 23.0 Å². The Hall–Kier alpha value is -3.21. The molecule has 7 nitrogen and oxygen atoms in total.